The van der Waals surface area contributed by atoms with Crippen molar-refractivity contribution in [3.63, 3.8) is 0 Å². The van der Waals surface area contributed by atoms with Crippen LogP contribution in [0.25, 0.3) is 0 Å². The number of carbonyl (C=O) groups excluding carboxylic acids is 1. The van der Waals surface area contributed by atoms with Crippen LogP contribution in [0.4, 0.5) is 8.78 Å². The maximum absolute atomic E-state index is 12.8. The van der Waals surface area contributed by atoms with Crippen molar-refractivity contribution >= 4 is 5.91 Å². The molecule has 1 rings (SSSR count). The number of alkyl halides is 2. The average molecular weight is 191 g/mol. The molecule has 0 radical (unpaired) electrons. The Morgan fingerprint density at radius 2 is 2.00 bits per heavy atom. The van der Waals surface area contributed by atoms with E-state index in [9.17, 15) is 13.6 Å². The third-order valence-electron chi connectivity index (χ3n) is 2.01. The van der Waals surface area contributed by atoms with Gasteiger partial charge in [-0.25, -0.2) is 0 Å². The molecule has 5 heteroatoms. The highest BCUT2D eigenvalue weighted by molar-refractivity contribution is 5.84. The van der Waals surface area contributed by atoms with Crippen LogP contribution in [0.15, 0.2) is 11.5 Å². The summed E-state index contributed by atoms with van der Waals surface area (Å²) in [6.07, 6.45) is -3.71. The second-order valence-corrected chi connectivity index (χ2v) is 2.81. The molecule has 74 valence electrons. The molecule has 0 aromatic carbocycles. The molecule has 0 saturated carbocycles. The van der Waals surface area contributed by atoms with Gasteiger partial charge in [0.25, 0.3) is 0 Å². The largest absolute Gasteiger partial charge is 0.482 e. The molecule has 0 aromatic heterocycles. The number of amides is 1. The molecule has 1 aliphatic rings. The van der Waals surface area contributed by atoms with Crippen molar-refractivity contribution in [3.05, 3.63) is 11.5 Å². The lowest BCUT2D eigenvalue weighted by atomic mass is 10.3. The minimum absolute atomic E-state index is 0.0893. The first kappa shape index (κ1) is 9.95. The summed E-state index contributed by atoms with van der Waals surface area (Å²) in [5.41, 5.74) is 0.443. The Hall–Kier alpha value is -1.13. The summed E-state index contributed by atoms with van der Waals surface area (Å²) in [5, 5.41) is 0. The SMILES string of the molecule is CCN1C(=O)C(F)(F)OC(C)=C1C. The normalized spacial score (nSPS) is 21.9. The fourth-order valence-corrected chi connectivity index (χ4v) is 1.19. The van der Waals surface area contributed by atoms with Gasteiger partial charge in [0.05, 0.1) is 5.70 Å². The number of rotatable bonds is 1. The molecule has 0 atom stereocenters. The minimum atomic E-state index is -3.71. The monoisotopic (exact) mass is 191 g/mol. The van der Waals surface area contributed by atoms with Gasteiger partial charge in [-0.3, -0.25) is 4.79 Å². The minimum Gasteiger partial charge on any atom is -0.428 e. The van der Waals surface area contributed by atoms with E-state index in [2.05, 4.69) is 4.74 Å². The second kappa shape index (κ2) is 2.97. The second-order valence-electron chi connectivity index (χ2n) is 2.81. The number of likely N-dealkylation sites (N-methyl/N-ethyl adjacent to an activating group) is 1. The van der Waals surface area contributed by atoms with Gasteiger partial charge in [0.15, 0.2) is 0 Å². The van der Waals surface area contributed by atoms with Crippen LogP contribution in [0.5, 0.6) is 0 Å². The van der Waals surface area contributed by atoms with Crippen molar-refractivity contribution < 1.29 is 18.3 Å². The molecule has 0 spiro atoms. The van der Waals surface area contributed by atoms with Gasteiger partial charge in [-0.05, 0) is 20.8 Å². The summed E-state index contributed by atoms with van der Waals surface area (Å²) < 4.78 is 29.8. The smallest absolute Gasteiger partial charge is 0.428 e. The van der Waals surface area contributed by atoms with Crippen LogP contribution in [0.2, 0.25) is 0 Å². The molecule has 1 aliphatic heterocycles. The quantitative estimate of drug-likeness (QED) is 0.631. The fraction of sp³-hybridized carbons (Fsp3) is 0.625. The number of halogens is 2. The van der Waals surface area contributed by atoms with Crippen molar-refractivity contribution in [2.45, 2.75) is 26.9 Å². The van der Waals surface area contributed by atoms with Crippen LogP contribution in [-0.4, -0.2) is 23.5 Å². The van der Waals surface area contributed by atoms with Crippen molar-refractivity contribution in [2.75, 3.05) is 6.54 Å². The van der Waals surface area contributed by atoms with Gasteiger partial charge in [0.1, 0.15) is 5.76 Å². The van der Waals surface area contributed by atoms with E-state index >= 15 is 0 Å². The number of hydrogen-bond donors (Lipinski definition) is 0. The van der Waals surface area contributed by atoms with Crippen LogP contribution in [0.3, 0.4) is 0 Å². The molecule has 0 bridgehead atoms. The third-order valence-corrected chi connectivity index (χ3v) is 2.01. The lowest BCUT2D eigenvalue weighted by Gasteiger charge is -2.32. The first-order valence-electron chi connectivity index (χ1n) is 3.96. The van der Waals surface area contributed by atoms with Crippen LogP contribution in [0.1, 0.15) is 20.8 Å². The predicted octanol–water partition coefficient (Wildman–Crippen LogP) is 1.71. The van der Waals surface area contributed by atoms with Crippen molar-refractivity contribution in [1.29, 1.82) is 0 Å². The van der Waals surface area contributed by atoms with Crippen molar-refractivity contribution in [1.82, 2.24) is 4.90 Å². The number of carbonyl (C=O) groups is 1. The molecule has 13 heavy (non-hydrogen) atoms. The Balaban J connectivity index is 3.09. The first-order valence-corrected chi connectivity index (χ1v) is 3.96. The third kappa shape index (κ3) is 1.50. The molecule has 1 heterocycles. The predicted molar refractivity (Wildman–Crippen MR) is 41.8 cm³/mol. The molecule has 0 fully saturated rings. The molecule has 0 unspecified atom stereocenters. The molecular weight excluding hydrogens is 180 g/mol. The summed E-state index contributed by atoms with van der Waals surface area (Å²) in [6.45, 7) is 4.85. The van der Waals surface area contributed by atoms with E-state index in [-0.39, 0.29) is 12.3 Å². The molecule has 0 aliphatic carbocycles. The molecule has 0 aromatic rings. The molecule has 0 N–H and O–H groups in total. The lowest BCUT2D eigenvalue weighted by Crippen LogP contribution is -2.47. The lowest BCUT2D eigenvalue weighted by molar-refractivity contribution is -0.230. The summed E-state index contributed by atoms with van der Waals surface area (Å²) in [5.74, 6) is -1.20. The number of nitrogens with zero attached hydrogens (tertiary/aromatic N) is 1. The van der Waals surface area contributed by atoms with Crippen LogP contribution in [0, 0.1) is 0 Å². The van der Waals surface area contributed by atoms with Gasteiger partial charge >= 0.3 is 12.0 Å². The van der Waals surface area contributed by atoms with E-state index in [1.807, 2.05) is 0 Å². The molecule has 1 amide bonds. The summed E-state index contributed by atoms with van der Waals surface area (Å²) in [6, 6.07) is 0. The molecule has 0 saturated heterocycles. The number of hydrogen-bond acceptors (Lipinski definition) is 2. The van der Waals surface area contributed by atoms with E-state index in [0.717, 1.165) is 4.90 Å². The van der Waals surface area contributed by atoms with E-state index in [1.165, 1.54) is 6.92 Å². The zero-order valence-corrected chi connectivity index (χ0v) is 7.73. The average Bonchev–Trinajstić information content (AvgIpc) is 2.02. The van der Waals surface area contributed by atoms with Crippen molar-refractivity contribution in [2.24, 2.45) is 0 Å². The Bertz CT molecular complexity index is 273. The van der Waals surface area contributed by atoms with E-state index in [4.69, 9.17) is 0 Å². The Kier molecular flexibility index (Phi) is 2.28. The standard InChI is InChI=1S/C8H11F2NO2/c1-4-11-5(2)6(3)13-8(9,10)7(11)12/h4H2,1-3H3. The van der Waals surface area contributed by atoms with E-state index < -0.39 is 12.0 Å². The van der Waals surface area contributed by atoms with Crippen LogP contribution >= 0.6 is 0 Å². The molecule has 3 nitrogen and oxygen atoms in total. The van der Waals surface area contributed by atoms with Gasteiger partial charge < -0.3 is 9.64 Å². The van der Waals surface area contributed by atoms with Crippen LogP contribution in [-0.2, 0) is 9.53 Å². The number of ether oxygens (including phenoxy) is 1. The van der Waals surface area contributed by atoms with Gasteiger partial charge in [-0.1, -0.05) is 0 Å². The maximum atomic E-state index is 12.8. The summed E-state index contributed by atoms with van der Waals surface area (Å²) >= 11 is 0. The zero-order valence-electron chi connectivity index (χ0n) is 7.73. The Morgan fingerprint density at radius 3 is 2.46 bits per heavy atom. The van der Waals surface area contributed by atoms with Crippen molar-refractivity contribution in [3.8, 4) is 0 Å². The van der Waals surface area contributed by atoms with Gasteiger partial charge in [-0.2, -0.15) is 8.78 Å². The number of allylic oxidation sites excluding steroid dienone is 2. The first-order chi connectivity index (χ1) is 5.90. The summed E-state index contributed by atoms with van der Waals surface area (Å²) in [4.78, 5) is 12.1. The topological polar surface area (TPSA) is 29.5 Å². The highest BCUT2D eigenvalue weighted by Crippen LogP contribution is 2.30. The maximum Gasteiger partial charge on any atom is 0.482 e. The van der Waals surface area contributed by atoms with Crippen LogP contribution < -0.4 is 0 Å². The highest BCUT2D eigenvalue weighted by atomic mass is 19.3. The molecular formula is C8H11F2NO2. The van der Waals surface area contributed by atoms with Gasteiger partial charge in [-0.15, -0.1) is 0 Å². The zero-order chi connectivity index (χ0) is 10.2. The van der Waals surface area contributed by atoms with Gasteiger partial charge in [0.2, 0.25) is 0 Å². The highest BCUT2D eigenvalue weighted by Gasteiger charge is 2.49. The van der Waals surface area contributed by atoms with E-state index in [0.29, 0.717) is 5.70 Å². The summed E-state index contributed by atoms with van der Waals surface area (Å²) in [7, 11) is 0. The van der Waals surface area contributed by atoms with Gasteiger partial charge in [0, 0.05) is 6.54 Å². The van der Waals surface area contributed by atoms with E-state index in [1.54, 1.807) is 13.8 Å². The fourth-order valence-electron chi connectivity index (χ4n) is 1.19. The Morgan fingerprint density at radius 1 is 1.46 bits per heavy atom. The Labute approximate surface area is 75.0 Å².